The lowest BCUT2D eigenvalue weighted by molar-refractivity contribution is -0.385. The Kier molecular flexibility index (Phi) is 7.17. The second-order valence-corrected chi connectivity index (χ2v) is 7.85. The minimum atomic E-state index is -0.393. The molecule has 1 N–H and O–H groups in total. The molecule has 3 heterocycles. The van der Waals surface area contributed by atoms with Gasteiger partial charge in [-0.15, -0.1) is 12.4 Å². The van der Waals surface area contributed by atoms with E-state index in [4.69, 9.17) is 4.74 Å². The number of hydrogen-bond acceptors (Lipinski definition) is 7. The normalized spacial score (nSPS) is 19.5. The van der Waals surface area contributed by atoms with E-state index >= 15 is 0 Å². The van der Waals surface area contributed by atoms with Gasteiger partial charge in [-0.05, 0) is 25.4 Å². The summed E-state index contributed by atoms with van der Waals surface area (Å²) in [4.78, 5) is 16.0. The zero-order valence-corrected chi connectivity index (χ0v) is 18.2. The van der Waals surface area contributed by atoms with Gasteiger partial charge in [0.05, 0.1) is 18.2 Å². The van der Waals surface area contributed by atoms with Crippen molar-refractivity contribution < 1.29 is 9.66 Å². The van der Waals surface area contributed by atoms with Crippen LogP contribution in [0.5, 0.6) is 5.75 Å². The van der Waals surface area contributed by atoms with E-state index in [1.807, 2.05) is 13.2 Å². The first-order valence-corrected chi connectivity index (χ1v) is 10.1. The summed E-state index contributed by atoms with van der Waals surface area (Å²) in [5.74, 6) is 1.03. The fraction of sp³-hybridized carbons (Fsp3) is 0.550. The molecule has 164 valence electrons. The Bertz CT molecular complexity index is 875. The molecule has 2 saturated heterocycles. The Morgan fingerprint density at radius 2 is 2.07 bits per heavy atom. The van der Waals surface area contributed by atoms with E-state index in [1.165, 1.54) is 13.5 Å². The summed E-state index contributed by atoms with van der Waals surface area (Å²) >= 11 is 0. The topological polar surface area (TPSA) is 88.7 Å². The number of nitro groups is 1. The number of piperazine rings is 1. The van der Waals surface area contributed by atoms with E-state index in [1.54, 1.807) is 23.0 Å². The molecule has 1 aromatic heterocycles. The minimum absolute atomic E-state index is 0. The highest BCUT2D eigenvalue weighted by Crippen LogP contribution is 2.40. The average Bonchev–Trinajstić information content (AvgIpc) is 3.39. The molecule has 4 rings (SSSR count). The molecule has 30 heavy (non-hydrogen) atoms. The number of halogens is 1. The largest absolute Gasteiger partial charge is 0.490 e. The molecule has 10 heteroatoms. The third-order valence-corrected chi connectivity index (χ3v) is 5.90. The van der Waals surface area contributed by atoms with Gasteiger partial charge in [-0.3, -0.25) is 19.7 Å². The highest BCUT2D eigenvalue weighted by Gasteiger charge is 2.27. The van der Waals surface area contributed by atoms with Gasteiger partial charge >= 0.3 is 5.69 Å². The predicted molar refractivity (Wildman–Crippen MR) is 119 cm³/mol. The average molecular weight is 437 g/mol. The van der Waals surface area contributed by atoms with Crippen molar-refractivity contribution in [3.05, 3.63) is 34.6 Å². The lowest BCUT2D eigenvalue weighted by Gasteiger charge is -2.38. The number of aryl methyl sites for hydroxylation is 1. The first-order chi connectivity index (χ1) is 14.0. The summed E-state index contributed by atoms with van der Waals surface area (Å²) in [7, 11) is 3.32. The Hall–Kier alpha value is -2.36. The van der Waals surface area contributed by atoms with Gasteiger partial charge in [-0.1, -0.05) is 0 Å². The van der Waals surface area contributed by atoms with Crippen molar-refractivity contribution in [2.75, 3.05) is 57.8 Å². The highest BCUT2D eigenvalue weighted by molar-refractivity contribution is 5.85. The maximum Gasteiger partial charge on any atom is 0.311 e. The first kappa shape index (κ1) is 22.3. The molecular formula is C20H29ClN6O3. The molecule has 2 fully saturated rings. The van der Waals surface area contributed by atoms with Crippen LogP contribution in [0.4, 0.5) is 11.4 Å². The van der Waals surface area contributed by atoms with Crippen molar-refractivity contribution >= 4 is 23.8 Å². The van der Waals surface area contributed by atoms with Crippen LogP contribution in [0.2, 0.25) is 0 Å². The molecule has 0 amide bonds. The SMILES string of the molecule is COc1cc(N2CCN(CC3CCNC3)CC2)c(-c2cnn(C)c2)cc1[N+](=O)[O-].Cl. The molecule has 0 spiro atoms. The fourth-order valence-corrected chi connectivity index (χ4v) is 4.32. The number of methoxy groups -OCH3 is 1. The van der Waals surface area contributed by atoms with Crippen molar-refractivity contribution in [3.8, 4) is 16.9 Å². The van der Waals surface area contributed by atoms with Gasteiger partial charge < -0.3 is 15.0 Å². The van der Waals surface area contributed by atoms with Crippen LogP contribution in [0, 0.1) is 16.0 Å². The number of hydrogen-bond donors (Lipinski definition) is 1. The Morgan fingerprint density at radius 3 is 2.63 bits per heavy atom. The number of benzene rings is 1. The van der Waals surface area contributed by atoms with Crippen molar-refractivity contribution in [2.24, 2.45) is 13.0 Å². The zero-order valence-electron chi connectivity index (χ0n) is 17.4. The number of rotatable bonds is 6. The fourth-order valence-electron chi connectivity index (χ4n) is 4.32. The monoisotopic (exact) mass is 436 g/mol. The third kappa shape index (κ3) is 4.69. The summed E-state index contributed by atoms with van der Waals surface area (Å²) in [5, 5.41) is 19.2. The Labute approximate surface area is 182 Å². The van der Waals surface area contributed by atoms with Crippen molar-refractivity contribution in [1.82, 2.24) is 20.0 Å². The van der Waals surface area contributed by atoms with Crippen LogP contribution in [0.15, 0.2) is 24.5 Å². The van der Waals surface area contributed by atoms with Crippen LogP contribution in [0.3, 0.4) is 0 Å². The highest BCUT2D eigenvalue weighted by atomic mass is 35.5. The van der Waals surface area contributed by atoms with Crippen molar-refractivity contribution in [2.45, 2.75) is 6.42 Å². The van der Waals surface area contributed by atoms with E-state index < -0.39 is 4.92 Å². The van der Waals surface area contributed by atoms with Gasteiger partial charge in [-0.2, -0.15) is 5.10 Å². The van der Waals surface area contributed by atoms with E-state index in [0.717, 1.165) is 68.5 Å². The lowest BCUT2D eigenvalue weighted by atomic mass is 10.0. The molecule has 0 saturated carbocycles. The minimum Gasteiger partial charge on any atom is -0.490 e. The summed E-state index contributed by atoms with van der Waals surface area (Å²) < 4.78 is 7.05. The molecular weight excluding hydrogens is 408 g/mol. The molecule has 2 aliphatic heterocycles. The lowest BCUT2D eigenvalue weighted by Crippen LogP contribution is -2.48. The van der Waals surface area contributed by atoms with E-state index in [0.29, 0.717) is 0 Å². The summed E-state index contributed by atoms with van der Waals surface area (Å²) in [6.45, 7) is 7.12. The number of nitrogens with zero attached hydrogens (tertiary/aromatic N) is 5. The van der Waals surface area contributed by atoms with Crippen molar-refractivity contribution in [1.29, 1.82) is 0 Å². The van der Waals surface area contributed by atoms with Gasteiger partial charge in [0.25, 0.3) is 0 Å². The summed E-state index contributed by atoms with van der Waals surface area (Å²) in [5.41, 5.74) is 2.62. The molecule has 9 nitrogen and oxygen atoms in total. The van der Waals surface area contributed by atoms with Crippen LogP contribution in [0.25, 0.3) is 11.1 Å². The van der Waals surface area contributed by atoms with Gasteiger partial charge in [-0.25, -0.2) is 0 Å². The van der Waals surface area contributed by atoms with Crippen LogP contribution in [-0.2, 0) is 7.05 Å². The van der Waals surface area contributed by atoms with Crippen LogP contribution in [0.1, 0.15) is 6.42 Å². The maximum atomic E-state index is 11.5. The van der Waals surface area contributed by atoms with E-state index in [9.17, 15) is 10.1 Å². The van der Waals surface area contributed by atoms with E-state index in [-0.39, 0.29) is 23.8 Å². The van der Waals surface area contributed by atoms with Gasteiger partial charge in [0.2, 0.25) is 0 Å². The maximum absolute atomic E-state index is 11.5. The molecule has 1 aromatic carbocycles. The Balaban J connectivity index is 0.00000256. The quantitative estimate of drug-likeness (QED) is 0.548. The second kappa shape index (κ2) is 9.63. The second-order valence-electron chi connectivity index (χ2n) is 7.85. The zero-order chi connectivity index (χ0) is 20.4. The van der Waals surface area contributed by atoms with Crippen LogP contribution in [-0.4, -0.2) is 72.5 Å². The first-order valence-electron chi connectivity index (χ1n) is 10.1. The summed E-state index contributed by atoms with van der Waals surface area (Å²) in [6.07, 6.45) is 4.89. The molecule has 1 atom stereocenters. The smallest absolute Gasteiger partial charge is 0.311 e. The number of ether oxygens (including phenoxy) is 1. The molecule has 1 unspecified atom stereocenters. The third-order valence-electron chi connectivity index (χ3n) is 5.90. The van der Waals surface area contributed by atoms with Crippen molar-refractivity contribution in [3.63, 3.8) is 0 Å². The van der Waals surface area contributed by atoms with Gasteiger partial charge in [0.15, 0.2) is 5.75 Å². The molecule has 0 radical (unpaired) electrons. The summed E-state index contributed by atoms with van der Waals surface area (Å²) in [6, 6.07) is 3.42. The Morgan fingerprint density at radius 1 is 1.30 bits per heavy atom. The molecule has 0 aliphatic carbocycles. The number of anilines is 1. The number of nitrogens with one attached hydrogen (secondary N) is 1. The van der Waals surface area contributed by atoms with Crippen LogP contribution < -0.4 is 15.0 Å². The van der Waals surface area contributed by atoms with Gasteiger partial charge in [0.1, 0.15) is 0 Å². The standard InChI is InChI=1S/C20H28N6O3.ClH/c1-23-14-16(12-22-23)17-9-19(26(27)28)20(29-2)10-18(17)25-7-5-24(6-8-25)13-15-3-4-21-11-15;/h9-10,12,14-15,21H,3-8,11,13H2,1-2H3;1H. The predicted octanol–water partition coefficient (Wildman–Crippen LogP) is 2.16. The van der Waals surface area contributed by atoms with E-state index in [2.05, 4.69) is 20.2 Å². The molecule has 2 aliphatic rings. The van der Waals surface area contributed by atoms with Crippen LogP contribution >= 0.6 is 12.4 Å². The molecule has 0 bridgehead atoms. The number of nitro benzene ring substituents is 1. The number of aromatic nitrogens is 2. The molecule has 2 aromatic rings. The van der Waals surface area contributed by atoms with Gasteiger partial charge in [0, 0.05) is 74.9 Å².